The highest BCUT2D eigenvalue weighted by Gasteiger charge is 2.43. The van der Waals surface area contributed by atoms with Crippen molar-refractivity contribution >= 4 is 5.91 Å². The van der Waals surface area contributed by atoms with Crippen molar-refractivity contribution in [3.63, 3.8) is 0 Å². The van der Waals surface area contributed by atoms with Crippen molar-refractivity contribution in [1.29, 1.82) is 0 Å². The van der Waals surface area contributed by atoms with Crippen LogP contribution < -0.4 is 4.74 Å². The third kappa shape index (κ3) is 3.78. The van der Waals surface area contributed by atoms with E-state index in [4.69, 9.17) is 9.72 Å². The van der Waals surface area contributed by atoms with E-state index in [1.54, 1.807) is 19.2 Å². The van der Waals surface area contributed by atoms with Gasteiger partial charge in [-0.15, -0.1) is 0 Å². The standard InChI is InChI=1S/C25H24FN3O2/c1-31-20-10-2-16(3-11-20)4-13-24(30)29-19-9-12-23(29)21-15-27-25(28-22(21)14-19)17-5-7-18(26)8-6-17/h2-3,5-8,10-11,15,19,23H,4,9,12-14H2,1H3/t19-,23+/m0/s1. The Morgan fingerprint density at radius 1 is 1.13 bits per heavy atom. The molecule has 31 heavy (non-hydrogen) atoms. The summed E-state index contributed by atoms with van der Waals surface area (Å²) >= 11 is 0. The Bertz CT molecular complexity index is 1100. The SMILES string of the molecule is COc1ccc(CCC(=O)N2[C@H]3CC[C@@H]2c2cnc(-c4ccc(F)cc4)nc2C3)cc1. The normalized spacial score (nSPS) is 19.2. The number of carbonyl (C=O) groups is 1. The molecule has 5 nitrogen and oxygen atoms in total. The van der Waals surface area contributed by atoms with Crippen molar-refractivity contribution in [2.45, 2.75) is 44.2 Å². The minimum atomic E-state index is -0.274. The molecule has 0 saturated carbocycles. The van der Waals surface area contributed by atoms with Crippen LogP contribution in [-0.2, 0) is 17.6 Å². The molecule has 0 radical (unpaired) electrons. The Labute approximate surface area is 180 Å². The second-order valence-corrected chi connectivity index (χ2v) is 8.20. The smallest absolute Gasteiger partial charge is 0.223 e. The van der Waals surface area contributed by atoms with Gasteiger partial charge in [0.25, 0.3) is 0 Å². The number of nitrogens with zero attached hydrogens (tertiary/aromatic N) is 3. The number of rotatable bonds is 5. The van der Waals surface area contributed by atoms with E-state index in [9.17, 15) is 9.18 Å². The minimum Gasteiger partial charge on any atom is -0.497 e. The van der Waals surface area contributed by atoms with E-state index in [1.165, 1.54) is 12.1 Å². The van der Waals surface area contributed by atoms with Crippen molar-refractivity contribution in [2.24, 2.45) is 0 Å². The zero-order valence-corrected chi connectivity index (χ0v) is 17.4. The summed E-state index contributed by atoms with van der Waals surface area (Å²) in [5, 5.41) is 0. The molecule has 2 aromatic carbocycles. The van der Waals surface area contributed by atoms with Gasteiger partial charge in [0.15, 0.2) is 5.82 Å². The third-order valence-corrected chi connectivity index (χ3v) is 6.37. The van der Waals surface area contributed by atoms with Gasteiger partial charge in [0, 0.05) is 36.2 Å². The Kier molecular flexibility index (Phi) is 5.14. The quantitative estimate of drug-likeness (QED) is 0.613. The number of aromatic nitrogens is 2. The summed E-state index contributed by atoms with van der Waals surface area (Å²) in [6, 6.07) is 14.4. The molecule has 3 aromatic rings. The number of ether oxygens (including phenoxy) is 1. The average molecular weight is 417 g/mol. The van der Waals surface area contributed by atoms with Gasteiger partial charge in [0.05, 0.1) is 18.8 Å². The van der Waals surface area contributed by atoms with Crippen LogP contribution in [0.15, 0.2) is 54.7 Å². The van der Waals surface area contributed by atoms with Crippen LogP contribution >= 0.6 is 0 Å². The maximum Gasteiger partial charge on any atom is 0.223 e. The molecule has 0 spiro atoms. The highest BCUT2D eigenvalue weighted by molar-refractivity contribution is 5.78. The lowest BCUT2D eigenvalue weighted by molar-refractivity contribution is -0.134. The molecule has 1 amide bonds. The van der Waals surface area contributed by atoms with E-state index in [2.05, 4.69) is 9.88 Å². The number of hydrogen-bond acceptors (Lipinski definition) is 4. The zero-order chi connectivity index (χ0) is 21.4. The van der Waals surface area contributed by atoms with Crippen molar-refractivity contribution < 1.29 is 13.9 Å². The molecule has 1 fully saturated rings. The summed E-state index contributed by atoms with van der Waals surface area (Å²) in [4.78, 5) is 24.5. The molecule has 158 valence electrons. The molecular weight excluding hydrogens is 393 g/mol. The van der Waals surface area contributed by atoms with Crippen LogP contribution in [0.4, 0.5) is 4.39 Å². The first-order chi connectivity index (χ1) is 15.1. The molecule has 1 saturated heterocycles. The number of carbonyl (C=O) groups excluding carboxylic acids is 1. The molecule has 6 heteroatoms. The Hall–Kier alpha value is -3.28. The largest absolute Gasteiger partial charge is 0.497 e. The van der Waals surface area contributed by atoms with Gasteiger partial charge in [-0.05, 0) is 61.2 Å². The van der Waals surface area contributed by atoms with E-state index in [-0.39, 0.29) is 23.8 Å². The molecular formula is C25H24FN3O2. The number of aryl methyl sites for hydroxylation is 1. The van der Waals surface area contributed by atoms with Gasteiger partial charge in [-0.2, -0.15) is 0 Å². The van der Waals surface area contributed by atoms with Gasteiger partial charge in [-0.1, -0.05) is 12.1 Å². The molecule has 2 atom stereocenters. The van der Waals surface area contributed by atoms with Crippen LogP contribution in [0, 0.1) is 5.82 Å². The highest BCUT2D eigenvalue weighted by Crippen LogP contribution is 2.43. The van der Waals surface area contributed by atoms with Gasteiger partial charge in [-0.3, -0.25) is 4.79 Å². The number of amides is 1. The number of benzene rings is 2. The van der Waals surface area contributed by atoms with Crippen LogP contribution in [-0.4, -0.2) is 33.9 Å². The molecule has 0 N–H and O–H groups in total. The topological polar surface area (TPSA) is 55.3 Å². The van der Waals surface area contributed by atoms with Crippen LogP contribution in [0.25, 0.3) is 11.4 Å². The fraction of sp³-hybridized carbons (Fsp3) is 0.320. The van der Waals surface area contributed by atoms with E-state index in [1.807, 2.05) is 30.5 Å². The van der Waals surface area contributed by atoms with E-state index < -0.39 is 0 Å². The molecule has 0 unspecified atom stereocenters. The highest BCUT2D eigenvalue weighted by atomic mass is 19.1. The lowest BCUT2D eigenvalue weighted by atomic mass is 9.98. The molecule has 0 aliphatic carbocycles. The first-order valence-electron chi connectivity index (χ1n) is 10.7. The van der Waals surface area contributed by atoms with Crippen LogP contribution in [0.3, 0.4) is 0 Å². The maximum atomic E-state index is 13.2. The Balaban J connectivity index is 1.32. The first-order valence-corrected chi connectivity index (χ1v) is 10.7. The van der Waals surface area contributed by atoms with Gasteiger partial charge in [-0.25, -0.2) is 14.4 Å². The van der Waals surface area contributed by atoms with Crippen molar-refractivity contribution in [3.8, 4) is 17.1 Å². The molecule has 2 aliphatic rings. The maximum absolute atomic E-state index is 13.2. The molecule has 2 bridgehead atoms. The lowest BCUT2D eigenvalue weighted by Gasteiger charge is -2.36. The minimum absolute atomic E-state index is 0.0550. The van der Waals surface area contributed by atoms with Crippen LogP contribution in [0.2, 0.25) is 0 Å². The second-order valence-electron chi connectivity index (χ2n) is 8.20. The number of halogens is 1. The van der Waals surface area contributed by atoms with Crippen LogP contribution in [0.1, 0.15) is 42.1 Å². The lowest BCUT2D eigenvalue weighted by Crippen LogP contribution is -2.42. The van der Waals surface area contributed by atoms with E-state index >= 15 is 0 Å². The predicted molar refractivity (Wildman–Crippen MR) is 115 cm³/mol. The van der Waals surface area contributed by atoms with Gasteiger partial charge < -0.3 is 9.64 Å². The van der Waals surface area contributed by atoms with E-state index in [0.29, 0.717) is 18.7 Å². The first kappa shape index (κ1) is 19.7. The third-order valence-electron chi connectivity index (χ3n) is 6.37. The molecule has 5 rings (SSSR count). The Morgan fingerprint density at radius 3 is 2.65 bits per heavy atom. The molecule has 1 aromatic heterocycles. The summed E-state index contributed by atoms with van der Waals surface area (Å²) in [5.41, 5.74) is 4.00. The predicted octanol–water partition coefficient (Wildman–Crippen LogP) is 4.51. The average Bonchev–Trinajstić information content (AvgIpc) is 3.12. The fourth-order valence-corrected chi connectivity index (χ4v) is 4.77. The number of fused-ring (bicyclic) bond motifs is 4. The number of methoxy groups -OCH3 is 1. The van der Waals surface area contributed by atoms with Gasteiger partial charge in [0.1, 0.15) is 11.6 Å². The summed E-state index contributed by atoms with van der Waals surface area (Å²) in [5.74, 6) is 1.35. The van der Waals surface area contributed by atoms with Crippen molar-refractivity contribution in [1.82, 2.24) is 14.9 Å². The summed E-state index contributed by atoms with van der Waals surface area (Å²) in [6.07, 6.45) is 5.75. The van der Waals surface area contributed by atoms with Crippen molar-refractivity contribution in [3.05, 3.63) is 77.4 Å². The molecule has 3 heterocycles. The van der Waals surface area contributed by atoms with E-state index in [0.717, 1.165) is 47.4 Å². The summed E-state index contributed by atoms with van der Waals surface area (Å²) in [7, 11) is 1.65. The van der Waals surface area contributed by atoms with Crippen molar-refractivity contribution in [2.75, 3.05) is 7.11 Å². The molecule has 2 aliphatic heterocycles. The number of hydrogen-bond donors (Lipinski definition) is 0. The second kappa shape index (κ2) is 8.10. The summed E-state index contributed by atoms with van der Waals surface area (Å²) in [6.45, 7) is 0. The van der Waals surface area contributed by atoms with Crippen LogP contribution in [0.5, 0.6) is 5.75 Å². The van der Waals surface area contributed by atoms with Gasteiger partial charge >= 0.3 is 0 Å². The summed E-state index contributed by atoms with van der Waals surface area (Å²) < 4.78 is 18.4. The monoisotopic (exact) mass is 417 g/mol. The van der Waals surface area contributed by atoms with Gasteiger partial charge in [0.2, 0.25) is 5.91 Å². The zero-order valence-electron chi connectivity index (χ0n) is 17.4. The Morgan fingerprint density at radius 2 is 1.90 bits per heavy atom. The fourth-order valence-electron chi connectivity index (χ4n) is 4.77.